The van der Waals surface area contributed by atoms with E-state index >= 15 is 0 Å². The van der Waals surface area contributed by atoms with Gasteiger partial charge in [0, 0.05) is 24.9 Å². The summed E-state index contributed by atoms with van der Waals surface area (Å²) in [5, 5.41) is 1.84. The van der Waals surface area contributed by atoms with Gasteiger partial charge in [-0.2, -0.15) is 8.61 Å². The van der Waals surface area contributed by atoms with Crippen LogP contribution in [0.15, 0.2) is 131 Å². The van der Waals surface area contributed by atoms with E-state index in [2.05, 4.69) is 0 Å². The number of nitrogens with zero attached hydrogens (tertiary/aromatic N) is 2. The number of ketones is 1. The fourth-order valence-electron chi connectivity index (χ4n) is 7.27. The average molecular weight is 665 g/mol. The van der Waals surface area contributed by atoms with Gasteiger partial charge in [0.05, 0.1) is 21.9 Å². The molecule has 0 bridgehead atoms. The Labute approximate surface area is 276 Å². The predicted octanol–water partition coefficient (Wildman–Crippen LogP) is 6.98. The first-order chi connectivity index (χ1) is 22.6. The number of rotatable bonds is 6. The fraction of sp³-hybridized carbons (Fsp3) is 0.237. The van der Waals surface area contributed by atoms with E-state index in [1.807, 2.05) is 86.6 Å². The van der Waals surface area contributed by atoms with E-state index in [0.29, 0.717) is 0 Å². The lowest BCUT2D eigenvalue weighted by Crippen LogP contribution is -2.60. The zero-order valence-corrected chi connectivity index (χ0v) is 27.9. The first kappa shape index (κ1) is 31.4. The zero-order chi connectivity index (χ0) is 32.9. The Morgan fingerprint density at radius 1 is 0.617 bits per heavy atom. The maximum atomic E-state index is 14.7. The van der Waals surface area contributed by atoms with Crippen LogP contribution in [0.3, 0.4) is 0 Å². The standard InChI is InChI=1S/C38H36N2O5S2/c1-26-15-19-30(20-16-26)46(42,43)39-25-34-37(23-36(39)33-14-8-12-28-9-6-7-13-32(28)33)40(47(44,45)31-21-17-27(2)18-22-31)35(24-38(34)41)29-10-4-3-5-11-29/h3-22,34-37H,23-25H2,1-2H3/t34-,35?,36?,37+/m1/s1. The molecule has 0 N–H and O–H groups in total. The molecule has 0 saturated carbocycles. The van der Waals surface area contributed by atoms with Crippen LogP contribution in [0.2, 0.25) is 0 Å². The van der Waals surface area contributed by atoms with Crippen molar-refractivity contribution in [1.82, 2.24) is 8.61 Å². The van der Waals surface area contributed by atoms with Crippen molar-refractivity contribution in [1.29, 1.82) is 0 Å². The third-order valence-corrected chi connectivity index (χ3v) is 13.5. The van der Waals surface area contributed by atoms with E-state index in [1.54, 1.807) is 48.5 Å². The number of aryl methyl sites for hydroxylation is 2. The van der Waals surface area contributed by atoms with Crippen molar-refractivity contribution in [3.05, 3.63) is 144 Å². The highest BCUT2D eigenvalue weighted by atomic mass is 32.2. The number of hydrogen-bond donors (Lipinski definition) is 0. The Balaban J connectivity index is 1.42. The Morgan fingerprint density at radius 2 is 1.19 bits per heavy atom. The van der Waals surface area contributed by atoms with Gasteiger partial charge in [-0.15, -0.1) is 0 Å². The molecule has 0 radical (unpaired) electrons. The summed E-state index contributed by atoms with van der Waals surface area (Å²) in [6.07, 6.45) is 0.0670. The normalized spacial score (nSPS) is 22.6. The van der Waals surface area contributed by atoms with Gasteiger partial charge >= 0.3 is 0 Å². The van der Waals surface area contributed by atoms with Crippen LogP contribution in [0, 0.1) is 19.8 Å². The lowest BCUT2D eigenvalue weighted by molar-refractivity contribution is -0.132. The largest absolute Gasteiger partial charge is 0.299 e. The minimum absolute atomic E-state index is 0.0480. The molecule has 4 atom stereocenters. The van der Waals surface area contributed by atoms with Crippen molar-refractivity contribution in [3.8, 4) is 0 Å². The molecule has 7 rings (SSSR count). The molecule has 2 unspecified atom stereocenters. The van der Waals surface area contributed by atoms with Crippen molar-refractivity contribution in [3.63, 3.8) is 0 Å². The Hall–Kier alpha value is -4.15. The van der Waals surface area contributed by atoms with Crippen LogP contribution in [-0.4, -0.2) is 43.8 Å². The molecule has 240 valence electrons. The number of fused-ring (bicyclic) bond motifs is 2. The van der Waals surface area contributed by atoms with Gasteiger partial charge in [0.2, 0.25) is 20.0 Å². The number of piperidine rings is 2. The van der Waals surface area contributed by atoms with Crippen LogP contribution >= 0.6 is 0 Å². The van der Waals surface area contributed by atoms with Gasteiger partial charge in [-0.25, -0.2) is 16.8 Å². The number of Topliss-reactive ketones (excluding diaryl/α,β-unsaturated/α-hetero) is 1. The molecule has 2 fully saturated rings. The third kappa shape index (κ3) is 5.61. The van der Waals surface area contributed by atoms with E-state index in [9.17, 15) is 21.6 Å². The van der Waals surface area contributed by atoms with Crippen LogP contribution in [0.5, 0.6) is 0 Å². The highest BCUT2D eigenvalue weighted by molar-refractivity contribution is 7.89. The molecule has 7 nitrogen and oxygen atoms in total. The highest BCUT2D eigenvalue weighted by Crippen LogP contribution is 2.49. The number of sulfonamides is 2. The van der Waals surface area contributed by atoms with Gasteiger partial charge in [-0.05, 0) is 66.4 Å². The number of carbonyl (C=O) groups excluding carboxylic acids is 1. The maximum Gasteiger partial charge on any atom is 0.243 e. The smallest absolute Gasteiger partial charge is 0.243 e. The second-order valence-electron chi connectivity index (χ2n) is 12.6. The van der Waals surface area contributed by atoms with Crippen LogP contribution in [-0.2, 0) is 24.8 Å². The van der Waals surface area contributed by atoms with Gasteiger partial charge in [0.1, 0.15) is 5.78 Å². The summed E-state index contributed by atoms with van der Waals surface area (Å²) in [6, 6.07) is 34.1. The molecule has 0 spiro atoms. The average Bonchev–Trinajstić information content (AvgIpc) is 3.08. The van der Waals surface area contributed by atoms with Crippen LogP contribution < -0.4 is 0 Å². The molecule has 0 aromatic heterocycles. The molecule has 0 amide bonds. The Morgan fingerprint density at radius 3 is 1.85 bits per heavy atom. The second-order valence-corrected chi connectivity index (χ2v) is 16.4. The van der Waals surface area contributed by atoms with Crippen LogP contribution in [0.25, 0.3) is 10.8 Å². The second kappa shape index (κ2) is 12.1. The van der Waals surface area contributed by atoms with Crippen molar-refractivity contribution in [2.45, 2.75) is 54.6 Å². The summed E-state index contributed by atoms with van der Waals surface area (Å²) in [5.41, 5.74) is 3.37. The monoisotopic (exact) mass is 664 g/mol. The van der Waals surface area contributed by atoms with E-state index in [1.165, 1.54) is 8.61 Å². The minimum Gasteiger partial charge on any atom is -0.299 e. The number of hydrogen-bond acceptors (Lipinski definition) is 5. The first-order valence-corrected chi connectivity index (χ1v) is 18.7. The lowest BCUT2D eigenvalue weighted by atomic mass is 9.77. The number of benzene rings is 5. The van der Waals surface area contributed by atoms with Gasteiger partial charge < -0.3 is 0 Å². The highest BCUT2D eigenvalue weighted by Gasteiger charge is 2.54. The molecule has 47 heavy (non-hydrogen) atoms. The van der Waals surface area contributed by atoms with Gasteiger partial charge in [-0.1, -0.05) is 108 Å². The van der Waals surface area contributed by atoms with Crippen molar-refractivity contribution < 1.29 is 21.6 Å². The Bertz CT molecular complexity index is 2160. The molecular weight excluding hydrogens is 629 g/mol. The minimum atomic E-state index is -4.11. The molecule has 2 saturated heterocycles. The predicted molar refractivity (Wildman–Crippen MR) is 183 cm³/mol. The fourth-order valence-corrected chi connectivity index (χ4v) is 10.8. The quantitative estimate of drug-likeness (QED) is 0.195. The summed E-state index contributed by atoms with van der Waals surface area (Å²) in [6.45, 7) is 3.67. The summed E-state index contributed by atoms with van der Waals surface area (Å²) in [5.74, 6) is -0.985. The zero-order valence-electron chi connectivity index (χ0n) is 26.2. The van der Waals surface area contributed by atoms with Gasteiger partial charge in [0.15, 0.2) is 0 Å². The molecular formula is C38H36N2O5S2. The van der Waals surface area contributed by atoms with Crippen LogP contribution in [0.1, 0.15) is 47.2 Å². The summed E-state index contributed by atoms with van der Waals surface area (Å²) in [4.78, 5) is 14.4. The van der Waals surface area contributed by atoms with E-state index in [0.717, 1.165) is 33.0 Å². The van der Waals surface area contributed by atoms with Gasteiger partial charge in [-0.3, -0.25) is 4.79 Å². The van der Waals surface area contributed by atoms with Gasteiger partial charge in [0.25, 0.3) is 0 Å². The summed E-state index contributed by atoms with van der Waals surface area (Å²) >= 11 is 0. The van der Waals surface area contributed by atoms with E-state index < -0.39 is 44.1 Å². The summed E-state index contributed by atoms with van der Waals surface area (Å²) in [7, 11) is -8.20. The molecule has 5 aromatic rings. The number of carbonyl (C=O) groups is 1. The molecule has 5 aromatic carbocycles. The third-order valence-electron chi connectivity index (χ3n) is 9.69. The van der Waals surface area contributed by atoms with Crippen molar-refractivity contribution in [2.24, 2.45) is 5.92 Å². The van der Waals surface area contributed by atoms with Crippen molar-refractivity contribution >= 4 is 36.6 Å². The van der Waals surface area contributed by atoms with E-state index in [4.69, 9.17) is 0 Å². The topological polar surface area (TPSA) is 91.8 Å². The van der Waals surface area contributed by atoms with Crippen LogP contribution in [0.4, 0.5) is 0 Å². The lowest BCUT2D eigenvalue weighted by Gasteiger charge is -2.51. The molecule has 2 heterocycles. The Kier molecular flexibility index (Phi) is 8.12. The molecule has 2 aliphatic heterocycles. The van der Waals surface area contributed by atoms with E-state index in [-0.39, 0.29) is 35.0 Å². The molecule has 9 heteroatoms. The van der Waals surface area contributed by atoms with Crippen molar-refractivity contribution in [2.75, 3.05) is 6.54 Å². The summed E-state index contributed by atoms with van der Waals surface area (Å²) < 4.78 is 61.4. The first-order valence-electron chi connectivity index (χ1n) is 15.8. The molecule has 2 aliphatic rings. The SMILES string of the molecule is Cc1ccc(S(=O)(=O)N2C[C@H]3C(=O)CC(c4ccccc4)N(S(=O)(=O)c4ccc(C)cc4)[C@H]3CC2c2cccc3ccccc23)cc1. The molecule has 0 aliphatic carbocycles. The maximum absolute atomic E-state index is 14.7.